The van der Waals surface area contributed by atoms with Crippen LogP contribution in [0.5, 0.6) is 11.5 Å². The van der Waals surface area contributed by atoms with Crippen LogP contribution in [0.4, 0.5) is 0 Å². The van der Waals surface area contributed by atoms with Crippen molar-refractivity contribution in [3.8, 4) is 17.6 Å². The van der Waals surface area contributed by atoms with Crippen LogP contribution in [0.2, 0.25) is 0 Å². The fraction of sp³-hybridized carbons (Fsp3) is 0.562. The molecule has 0 unspecified atom stereocenters. The van der Waals surface area contributed by atoms with E-state index in [2.05, 4.69) is 11.4 Å². The molecule has 0 aliphatic rings. The van der Waals surface area contributed by atoms with Gasteiger partial charge in [-0.05, 0) is 31.5 Å². The van der Waals surface area contributed by atoms with Crippen molar-refractivity contribution in [2.45, 2.75) is 32.1 Å². The zero-order valence-electron chi connectivity index (χ0n) is 12.2. The summed E-state index contributed by atoms with van der Waals surface area (Å²) >= 11 is 0. The lowest BCUT2D eigenvalue weighted by molar-refractivity contribution is 0.292. The van der Waals surface area contributed by atoms with Gasteiger partial charge in [0.15, 0.2) is 11.5 Å². The highest BCUT2D eigenvalue weighted by molar-refractivity contribution is 5.39. The quantitative estimate of drug-likeness (QED) is 0.631. The number of hydrogen-bond acceptors (Lipinski definition) is 4. The van der Waals surface area contributed by atoms with Crippen LogP contribution in [-0.2, 0) is 0 Å². The van der Waals surface area contributed by atoms with Crippen LogP contribution in [-0.4, -0.2) is 26.8 Å². The summed E-state index contributed by atoms with van der Waals surface area (Å²) in [7, 11) is 1.65. The molecule has 0 aromatic heterocycles. The molecule has 0 aliphatic carbocycles. The monoisotopic (exact) mass is 276 g/mol. The predicted octanol–water partition coefficient (Wildman–Crippen LogP) is 3.14. The Kier molecular flexibility index (Phi) is 9.08. The van der Waals surface area contributed by atoms with Crippen molar-refractivity contribution >= 4 is 0 Å². The molecule has 1 aromatic rings. The fourth-order valence-electron chi connectivity index (χ4n) is 1.90. The number of ether oxygens (including phenoxy) is 2. The molecule has 1 aromatic carbocycles. The minimum absolute atomic E-state index is 0.634. The van der Waals surface area contributed by atoms with Crippen LogP contribution >= 0.6 is 0 Å². The Morgan fingerprint density at radius 1 is 1.05 bits per heavy atom. The van der Waals surface area contributed by atoms with E-state index >= 15 is 0 Å². The maximum Gasteiger partial charge on any atom is 0.161 e. The highest BCUT2D eigenvalue weighted by atomic mass is 16.5. The highest BCUT2D eigenvalue weighted by Crippen LogP contribution is 2.25. The van der Waals surface area contributed by atoms with E-state index in [0.717, 1.165) is 43.9 Å². The molecule has 0 saturated heterocycles. The molecular weight excluding hydrogens is 252 g/mol. The Morgan fingerprint density at radius 3 is 2.55 bits per heavy atom. The summed E-state index contributed by atoms with van der Waals surface area (Å²) in [6.45, 7) is 2.47. The number of nitrogens with zero attached hydrogens (tertiary/aromatic N) is 1. The van der Waals surface area contributed by atoms with Gasteiger partial charge < -0.3 is 14.8 Å². The zero-order valence-corrected chi connectivity index (χ0v) is 12.2. The number of rotatable bonds is 11. The number of para-hydroxylation sites is 2. The van der Waals surface area contributed by atoms with Crippen molar-refractivity contribution in [2.75, 3.05) is 26.8 Å². The molecule has 1 N–H and O–H groups in total. The van der Waals surface area contributed by atoms with Gasteiger partial charge in [0.05, 0.1) is 13.2 Å². The molecule has 4 nitrogen and oxygen atoms in total. The molecule has 0 aliphatic heterocycles. The maximum absolute atomic E-state index is 8.41. The molecule has 0 bridgehead atoms. The van der Waals surface area contributed by atoms with Gasteiger partial charge in [0, 0.05) is 13.0 Å². The van der Waals surface area contributed by atoms with Gasteiger partial charge in [-0.2, -0.15) is 5.26 Å². The van der Waals surface area contributed by atoms with E-state index in [4.69, 9.17) is 14.7 Å². The largest absolute Gasteiger partial charge is 0.493 e. The lowest BCUT2D eigenvalue weighted by Gasteiger charge is -2.10. The summed E-state index contributed by atoms with van der Waals surface area (Å²) in [6, 6.07) is 9.84. The molecule has 0 fully saturated rings. The van der Waals surface area contributed by atoms with Crippen LogP contribution in [0.1, 0.15) is 32.1 Å². The summed E-state index contributed by atoms with van der Waals surface area (Å²) in [4.78, 5) is 0. The van der Waals surface area contributed by atoms with E-state index in [-0.39, 0.29) is 0 Å². The Hall–Kier alpha value is -1.73. The van der Waals surface area contributed by atoms with Crippen molar-refractivity contribution < 1.29 is 9.47 Å². The number of hydrogen-bond donors (Lipinski definition) is 1. The van der Waals surface area contributed by atoms with E-state index in [1.807, 2.05) is 24.3 Å². The van der Waals surface area contributed by atoms with Crippen molar-refractivity contribution in [1.82, 2.24) is 5.32 Å². The summed E-state index contributed by atoms with van der Waals surface area (Å²) in [6.07, 6.45) is 5.18. The molecule has 0 saturated carbocycles. The molecular formula is C16H24N2O2. The first kappa shape index (κ1) is 16.3. The molecule has 110 valence electrons. The van der Waals surface area contributed by atoms with Crippen LogP contribution in [0, 0.1) is 11.3 Å². The summed E-state index contributed by atoms with van der Waals surface area (Å²) in [5.41, 5.74) is 0. The normalized spacial score (nSPS) is 10.0. The number of benzene rings is 1. The van der Waals surface area contributed by atoms with Crippen molar-refractivity contribution in [1.29, 1.82) is 5.26 Å². The first-order valence-electron chi connectivity index (χ1n) is 7.22. The third kappa shape index (κ3) is 7.01. The van der Waals surface area contributed by atoms with Gasteiger partial charge in [0.25, 0.3) is 0 Å². The van der Waals surface area contributed by atoms with E-state index in [1.165, 1.54) is 6.42 Å². The van der Waals surface area contributed by atoms with Gasteiger partial charge in [-0.25, -0.2) is 0 Å². The smallest absolute Gasteiger partial charge is 0.161 e. The predicted molar refractivity (Wildman–Crippen MR) is 80.1 cm³/mol. The topological polar surface area (TPSA) is 54.3 Å². The molecule has 1 rings (SSSR count). The maximum atomic E-state index is 8.41. The SMILES string of the molecule is COc1ccccc1OCCNCCCCCCC#N. The Morgan fingerprint density at radius 2 is 1.80 bits per heavy atom. The van der Waals surface area contributed by atoms with Crippen LogP contribution in [0.25, 0.3) is 0 Å². The molecule has 0 radical (unpaired) electrons. The van der Waals surface area contributed by atoms with Gasteiger partial charge >= 0.3 is 0 Å². The van der Waals surface area contributed by atoms with E-state index in [0.29, 0.717) is 13.0 Å². The fourth-order valence-corrected chi connectivity index (χ4v) is 1.90. The van der Waals surface area contributed by atoms with E-state index < -0.39 is 0 Å². The van der Waals surface area contributed by atoms with Gasteiger partial charge in [0.2, 0.25) is 0 Å². The molecule has 0 spiro atoms. The Balaban J connectivity index is 1.98. The van der Waals surface area contributed by atoms with Crippen LogP contribution < -0.4 is 14.8 Å². The summed E-state index contributed by atoms with van der Waals surface area (Å²) in [5, 5.41) is 11.8. The summed E-state index contributed by atoms with van der Waals surface area (Å²) < 4.78 is 10.9. The van der Waals surface area contributed by atoms with Gasteiger partial charge in [-0.3, -0.25) is 0 Å². The second-order valence-electron chi connectivity index (χ2n) is 4.57. The summed E-state index contributed by atoms with van der Waals surface area (Å²) in [5.74, 6) is 1.55. The first-order chi connectivity index (χ1) is 9.88. The van der Waals surface area contributed by atoms with Gasteiger partial charge in [-0.15, -0.1) is 0 Å². The number of methoxy groups -OCH3 is 1. The zero-order chi connectivity index (χ0) is 14.5. The number of nitrogens with one attached hydrogen (secondary N) is 1. The Labute approximate surface area is 121 Å². The second-order valence-corrected chi connectivity index (χ2v) is 4.57. The van der Waals surface area contributed by atoms with Crippen LogP contribution in [0.15, 0.2) is 24.3 Å². The minimum Gasteiger partial charge on any atom is -0.493 e. The first-order valence-corrected chi connectivity index (χ1v) is 7.22. The Bertz CT molecular complexity index is 402. The highest BCUT2D eigenvalue weighted by Gasteiger charge is 2.01. The lowest BCUT2D eigenvalue weighted by atomic mass is 10.1. The molecule has 4 heteroatoms. The van der Waals surface area contributed by atoms with E-state index in [9.17, 15) is 0 Å². The minimum atomic E-state index is 0.634. The molecule has 0 atom stereocenters. The molecule has 0 amide bonds. The van der Waals surface area contributed by atoms with Gasteiger partial charge in [-0.1, -0.05) is 25.0 Å². The average Bonchev–Trinajstić information content (AvgIpc) is 2.49. The molecule has 20 heavy (non-hydrogen) atoms. The van der Waals surface area contributed by atoms with Crippen LogP contribution in [0.3, 0.4) is 0 Å². The third-order valence-corrected chi connectivity index (χ3v) is 3.00. The molecule has 0 heterocycles. The van der Waals surface area contributed by atoms with Crippen molar-refractivity contribution in [3.05, 3.63) is 24.3 Å². The van der Waals surface area contributed by atoms with Gasteiger partial charge in [0.1, 0.15) is 6.61 Å². The standard InChI is InChI=1S/C16H24N2O2/c1-19-15-9-5-6-10-16(15)20-14-13-18-12-8-4-2-3-7-11-17/h5-6,9-10,18H,2-4,7-8,12-14H2,1H3. The van der Waals surface area contributed by atoms with Crippen molar-refractivity contribution in [2.24, 2.45) is 0 Å². The lowest BCUT2D eigenvalue weighted by Crippen LogP contribution is -2.22. The number of unbranched alkanes of at least 4 members (excludes halogenated alkanes) is 4. The second kappa shape index (κ2) is 11.1. The average molecular weight is 276 g/mol. The number of nitriles is 1. The van der Waals surface area contributed by atoms with Crippen molar-refractivity contribution in [3.63, 3.8) is 0 Å². The van der Waals surface area contributed by atoms with E-state index in [1.54, 1.807) is 7.11 Å². The third-order valence-electron chi connectivity index (χ3n) is 3.00.